The number of aromatic nitrogens is 2. The van der Waals surface area contributed by atoms with Crippen molar-refractivity contribution in [3.63, 3.8) is 0 Å². The highest BCUT2D eigenvalue weighted by Gasteiger charge is 2.23. The lowest BCUT2D eigenvalue weighted by Gasteiger charge is -2.18. The summed E-state index contributed by atoms with van der Waals surface area (Å²) in [5, 5.41) is 1.05. The van der Waals surface area contributed by atoms with E-state index in [1.54, 1.807) is 41.9 Å². The average Bonchev–Trinajstić information content (AvgIpc) is 2.94. The van der Waals surface area contributed by atoms with Crippen LogP contribution in [0.2, 0.25) is 0 Å². The van der Waals surface area contributed by atoms with Crippen LogP contribution in [0.5, 0.6) is 11.6 Å². The van der Waals surface area contributed by atoms with Crippen LogP contribution in [0.4, 0.5) is 0 Å². The molecule has 4 nitrogen and oxygen atoms in total. The highest BCUT2D eigenvalue weighted by Crippen LogP contribution is 2.41. The normalized spacial score (nSPS) is 17.0. The molecule has 0 unspecified atom stereocenters. The maximum absolute atomic E-state index is 10.7. The van der Waals surface area contributed by atoms with Crippen LogP contribution < -0.4 is 4.74 Å². The zero-order chi connectivity index (χ0) is 15.8. The first-order valence-corrected chi connectivity index (χ1v) is 8.54. The fraction of sp³-hybridized carbons (Fsp3) is 0.278. The Labute approximate surface area is 138 Å². The van der Waals surface area contributed by atoms with Gasteiger partial charge in [0.05, 0.1) is 5.39 Å². The predicted molar refractivity (Wildman–Crippen MR) is 90.5 cm³/mol. The second kappa shape index (κ2) is 5.74. The number of aldehydes is 1. The molecule has 0 aliphatic heterocycles. The highest BCUT2D eigenvalue weighted by atomic mass is 32.1. The van der Waals surface area contributed by atoms with Crippen LogP contribution in [0, 0.1) is 5.92 Å². The molecule has 0 N–H and O–H groups in total. The van der Waals surface area contributed by atoms with Gasteiger partial charge in [-0.1, -0.05) is 6.92 Å². The minimum absolute atomic E-state index is 0.612. The zero-order valence-corrected chi connectivity index (χ0v) is 13.6. The van der Waals surface area contributed by atoms with E-state index in [1.165, 1.54) is 16.9 Å². The van der Waals surface area contributed by atoms with Gasteiger partial charge in [-0.2, -0.15) is 0 Å². The van der Waals surface area contributed by atoms with Crippen molar-refractivity contribution in [1.29, 1.82) is 0 Å². The minimum atomic E-state index is 0.612. The van der Waals surface area contributed by atoms with Crippen LogP contribution in [-0.4, -0.2) is 16.3 Å². The summed E-state index contributed by atoms with van der Waals surface area (Å²) in [5.74, 6) is 2.02. The van der Waals surface area contributed by atoms with Crippen molar-refractivity contribution in [3.05, 3.63) is 46.6 Å². The van der Waals surface area contributed by atoms with E-state index in [-0.39, 0.29) is 0 Å². The molecule has 2 aromatic heterocycles. The van der Waals surface area contributed by atoms with Gasteiger partial charge in [0, 0.05) is 10.4 Å². The third kappa shape index (κ3) is 2.61. The Morgan fingerprint density at radius 1 is 1.26 bits per heavy atom. The molecule has 1 aliphatic carbocycles. The van der Waals surface area contributed by atoms with Crippen molar-refractivity contribution in [1.82, 2.24) is 9.97 Å². The number of rotatable bonds is 3. The zero-order valence-electron chi connectivity index (χ0n) is 12.8. The van der Waals surface area contributed by atoms with E-state index >= 15 is 0 Å². The highest BCUT2D eigenvalue weighted by molar-refractivity contribution is 7.18. The van der Waals surface area contributed by atoms with Crippen molar-refractivity contribution in [3.8, 4) is 11.6 Å². The average molecular weight is 324 g/mol. The number of nitrogens with zero attached hydrogens (tertiary/aromatic N) is 2. The molecule has 0 saturated heterocycles. The van der Waals surface area contributed by atoms with Gasteiger partial charge in [0.2, 0.25) is 5.88 Å². The molecule has 4 rings (SSSR count). The molecule has 0 fully saturated rings. The largest absolute Gasteiger partial charge is 0.438 e. The number of carbonyl (C=O) groups is 1. The molecular formula is C18H16N2O2S. The molecule has 23 heavy (non-hydrogen) atoms. The summed E-state index contributed by atoms with van der Waals surface area (Å²) >= 11 is 1.76. The summed E-state index contributed by atoms with van der Waals surface area (Å²) in [5.41, 5.74) is 1.98. The Hall–Kier alpha value is -2.27. The first kappa shape index (κ1) is 14.3. The SMILES string of the molecule is C[C@H]1CCc2c(sc3ncnc(Oc4ccc(C=O)cc4)c23)C1. The Morgan fingerprint density at radius 2 is 2.09 bits per heavy atom. The van der Waals surface area contributed by atoms with Crippen molar-refractivity contribution in [2.75, 3.05) is 0 Å². The van der Waals surface area contributed by atoms with E-state index in [9.17, 15) is 4.79 Å². The summed E-state index contributed by atoms with van der Waals surface area (Å²) in [6.07, 6.45) is 5.75. The lowest BCUT2D eigenvalue weighted by Crippen LogP contribution is -2.08. The summed E-state index contributed by atoms with van der Waals surface area (Å²) < 4.78 is 5.98. The van der Waals surface area contributed by atoms with Crippen LogP contribution in [0.25, 0.3) is 10.2 Å². The molecule has 0 spiro atoms. The summed E-state index contributed by atoms with van der Waals surface area (Å²) in [6, 6.07) is 7.06. The van der Waals surface area contributed by atoms with Gasteiger partial charge < -0.3 is 4.74 Å². The number of carbonyl (C=O) groups excluding carboxylic acids is 1. The molecule has 1 aliphatic rings. The van der Waals surface area contributed by atoms with Gasteiger partial charge in [0.25, 0.3) is 0 Å². The number of thiophene rings is 1. The molecule has 116 valence electrons. The Bertz CT molecular complexity index is 871. The van der Waals surface area contributed by atoms with Gasteiger partial charge in [0.1, 0.15) is 23.2 Å². The van der Waals surface area contributed by atoms with Gasteiger partial charge in [-0.3, -0.25) is 4.79 Å². The maximum Gasteiger partial charge on any atom is 0.231 e. The molecular weight excluding hydrogens is 308 g/mol. The van der Waals surface area contributed by atoms with Crippen molar-refractivity contribution < 1.29 is 9.53 Å². The third-order valence-corrected chi connectivity index (χ3v) is 5.45. The smallest absolute Gasteiger partial charge is 0.231 e. The lowest BCUT2D eigenvalue weighted by molar-refractivity contribution is 0.112. The monoisotopic (exact) mass is 324 g/mol. The molecule has 0 bridgehead atoms. The minimum Gasteiger partial charge on any atom is -0.438 e. The van der Waals surface area contributed by atoms with Crippen LogP contribution in [0.1, 0.15) is 34.1 Å². The fourth-order valence-electron chi connectivity index (χ4n) is 3.05. The Kier molecular flexibility index (Phi) is 3.58. The molecule has 0 saturated carbocycles. The summed E-state index contributed by atoms with van der Waals surface area (Å²) in [4.78, 5) is 21.9. The van der Waals surface area contributed by atoms with Gasteiger partial charge >= 0.3 is 0 Å². The number of benzene rings is 1. The number of fused-ring (bicyclic) bond motifs is 3. The molecule has 0 amide bonds. The van der Waals surface area contributed by atoms with Crippen LogP contribution in [0.3, 0.4) is 0 Å². The first-order valence-electron chi connectivity index (χ1n) is 7.73. The third-order valence-electron chi connectivity index (χ3n) is 4.29. The molecule has 2 heterocycles. The van der Waals surface area contributed by atoms with Crippen molar-refractivity contribution in [2.45, 2.75) is 26.2 Å². The van der Waals surface area contributed by atoms with Crippen LogP contribution >= 0.6 is 11.3 Å². The number of hydrogen-bond acceptors (Lipinski definition) is 5. The van der Waals surface area contributed by atoms with Gasteiger partial charge in [-0.25, -0.2) is 9.97 Å². The lowest BCUT2D eigenvalue weighted by atomic mass is 9.89. The van der Waals surface area contributed by atoms with Crippen LogP contribution in [0.15, 0.2) is 30.6 Å². The predicted octanol–water partition coefficient (Wildman–Crippen LogP) is 4.42. The standard InChI is InChI=1S/C18H16N2O2S/c1-11-2-7-14-15(8-11)23-18-16(14)17(19-10-20-18)22-13-5-3-12(9-21)4-6-13/h3-6,9-11H,2,7-8H2,1H3/t11-/m0/s1. The first-order chi connectivity index (χ1) is 11.2. The quantitative estimate of drug-likeness (QED) is 0.669. The van der Waals surface area contributed by atoms with Crippen molar-refractivity contribution in [2.24, 2.45) is 5.92 Å². The van der Waals surface area contributed by atoms with E-state index in [0.29, 0.717) is 17.2 Å². The molecule has 1 aromatic carbocycles. The number of hydrogen-bond donors (Lipinski definition) is 0. The topological polar surface area (TPSA) is 52.1 Å². The van der Waals surface area contributed by atoms with Gasteiger partial charge in [-0.15, -0.1) is 11.3 Å². The van der Waals surface area contributed by atoms with E-state index < -0.39 is 0 Å². The fourth-order valence-corrected chi connectivity index (χ4v) is 4.39. The number of ether oxygens (including phenoxy) is 1. The summed E-state index contributed by atoms with van der Waals surface area (Å²) in [7, 11) is 0. The molecule has 1 atom stereocenters. The second-order valence-electron chi connectivity index (χ2n) is 6.00. The van der Waals surface area contributed by atoms with E-state index in [4.69, 9.17) is 4.74 Å². The Morgan fingerprint density at radius 3 is 2.87 bits per heavy atom. The van der Waals surface area contributed by atoms with E-state index in [2.05, 4.69) is 16.9 Å². The van der Waals surface area contributed by atoms with Gasteiger partial charge in [0.15, 0.2) is 0 Å². The second-order valence-corrected chi connectivity index (χ2v) is 7.08. The number of aryl methyl sites for hydroxylation is 1. The molecule has 5 heteroatoms. The van der Waals surface area contributed by atoms with Crippen molar-refractivity contribution >= 4 is 27.8 Å². The Balaban J connectivity index is 1.76. The van der Waals surface area contributed by atoms with Gasteiger partial charge in [-0.05, 0) is 55.0 Å². The van der Waals surface area contributed by atoms with Crippen LogP contribution in [-0.2, 0) is 12.8 Å². The molecule has 3 aromatic rings. The maximum atomic E-state index is 10.7. The summed E-state index contributed by atoms with van der Waals surface area (Å²) in [6.45, 7) is 2.30. The van der Waals surface area contributed by atoms with E-state index in [1.807, 2.05) is 0 Å². The molecule has 0 radical (unpaired) electrons. The van der Waals surface area contributed by atoms with E-state index in [0.717, 1.165) is 35.3 Å².